The first kappa shape index (κ1) is 21.9. The third kappa shape index (κ3) is 5.88. The van der Waals surface area contributed by atoms with Crippen LogP contribution in [0.15, 0.2) is 59.6 Å². The van der Waals surface area contributed by atoms with Crippen molar-refractivity contribution in [1.29, 1.82) is 0 Å². The van der Waals surface area contributed by atoms with E-state index >= 15 is 0 Å². The standard InChI is InChI=1S/C21H23N4O3S2/c1-21(2,3)25-30(27,28)19-11-16(9-10-17(19)18-13-22-14-29-18)24-20(26)23-12-15-7-5-4-6-8-15/h4-11,13,25H,12H2,1-3H3,(H2,23,24,26). The number of nitrogens with zero attached hydrogens (tertiary/aromatic N) is 1. The Balaban J connectivity index is 1.85. The second-order valence-electron chi connectivity index (χ2n) is 7.68. The maximum atomic E-state index is 13.0. The number of benzene rings is 2. The summed E-state index contributed by atoms with van der Waals surface area (Å²) in [6, 6.07) is 13.8. The summed E-state index contributed by atoms with van der Waals surface area (Å²) in [5, 5.41) is 5.46. The molecule has 0 aliphatic rings. The number of anilines is 1. The number of rotatable bonds is 6. The van der Waals surface area contributed by atoms with Crippen LogP contribution in [-0.4, -0.2) is 25.0 Å². The molecular weight excluding hydrogens is 420 g/mol. The summed E-state index contributed by atoms with van der Waals surface area (Å²) >= 11 is 1.22. The molecule has 3 aromatic rings. The first-order valence-electron chi connectivity index (χ1n) is 9.23. The summed E-state index contributed by atoms with van der Waals surface area (Å²) in [4.78, 5) is 16.9. The number of sulfonamides is 1. The molecule has 0 bridgehead atoms. The second kappa shape index (κ2) is 8.95. The SMILES string of the molecule is CC(C)(C)NS(=O)(=O)c1cc(NC(=O)NCc2ccccc2)ccc1-c1cn[c]s1. The Morgan fingerprint density at radius 3 is 2.50 bits per heavy atom. The quantitative estimate of drug-likeness (QED) is 0.536. The molecule has 0 aliphatic heterocycles. The molecule has 157 valence electrons. The molecule has 1 heterocycles. The number of amides is 2. The van der Waals surface area contributed by atoms with Gasteiger partial charge in [0.25, 0.3) is 0 Å². The van der Waals surface area contributed by atoms with Gasteiger partial charge in [0.15, 0.2) is 5.51 Å². The molecule has 0 saturated carbocycles. The van der Waals surface area contributed by atoms with Gasteiger partial charge in [-0.15, -0.1) is 11.3 Å². The van der Waals surface area contributed by atoms with Gasteiger partial charge in [0, 0.05) is 29.5 Å². The molecule has 0 spiro atoms. The van der Waals surface area contributed by atoms with Gasteiger partial charge >= 0.3 is 6.03 Å². The first-order chi connectivity index (χ1) is 14.1. The van der Waals surface area contributed by atoms with Crippen LogP contribution in [-0.2, 0) is 16.6 Å². The highest BCUT2D eigenvalue weighted by atomic mass is 32.2. The van der Waals surface area contributed by atoms with Gasteiger partial charge in [-0.1, -0.05) is 36.4 Å². The number of carbonyl (C=O) groups is 1. The number of aromatic nitrogens is 1. The van der Waals surface area contributed by atoms with Crippen LogP contribution < -0.4 is 15.4 Å². The topological polar surface area (TPSA) is 100 Å². The van der Waals surface area contributed by atoms with Crippen LogP contribution in [0.5, 0.6) is 0 Å². The van der Waals surface area contributed by atoms with Crippen molar-refractivity contribution >= 4 is 33.1 Å². The largest absolute Gasteiger partial charge is 0.334 e. The molecule has 30 heavy (non-hydrogen) atoms. The lowest BCUT2D eigenvalue weighted by Gasteiger charge is -2.22. The summed E-state index contributed by atoms with van der Waals surface area (Å²) in [6.45, 7) is 5.66. The van der Waals surface area contributed by atoms with Crippen molar-refractivity contribution in [2.24, 2.45) is 0 Å². The molecule has 0 aliphatic carbocycles. The molecule has 0 fully saturated rings. The van der Waals surface area contributed by atoms with Gasteiger partial charge < -0.3 is 10.6 Å². The fourth-order valence-electron chi connectivity index (χ4n) is 2.75. The van der Waals surface area contributed by atoms with Gasteiger partial charge in [-0.05, 0) is 38.5 Å². The van der Waals surface area contributed by atoms with E-state index < -0.39 is 21.6 Å². The average Bonchev–Trinajstić information content (AvgIpc) is 3.20. The zero-order valence-corrected chi connectivity index (χ0v) is 18.5. The van der Waals surface area contributed by atoms with Gasteiger partial charge in [0.05, 0.1) is 9.77 Å². The fourth-order valence-corrected chi connectivity index (χ4v) is 5.08. The predicted molar refractivity (Wildman–Crippen MR) is 119 cm³/mol. The Kier molecular flexibility index (Phi) is 6.55. The van der Waals surface area contributed by atoms with Crippen LogP contribution >= 0.6 is 11.3 Å². The summed E-state index contributed by atoms with van der Waals surface area (Å²) < 4.78 is 28.8. The second-order valence-corrected chi connectivity index (χ2v) is 10.2. The fraction of sp³-hybridized carbons (Fsp3) is 0.238. The van der Waals surface area contributed by atoms with Crippen molar-refractivity contribution in [1.82, 2.24) is 15.0 Å². The Labute approximate surface area is 180 Å². The van der Waals surface area contributed by atoms with Crippen molar-refractivity contribution < 1.29 is 13.2 Å². The molecule has 0 unspecified atom stereocenters. The van der Waals surface area contributed by atoms with Crippen LogP contribution in [0.2, 0.25) is 0 Å². The number of hydrogen-bond donors (Lipinski definition) is 3. The minimum atomic E-state index is -3.84. The average molecular weight is 444 g/mol. The Morgan fingerprint density at radius 1 is 1.13 bits per heavy atom. The van der Waals surface area contributed by atoms with Crippen molar-refractivity contribution in [3.63, 3.8) is 0 Å². The highest BCUT2D eigenvalue weighted by Crippen LogP contribution is 2.32. The maximum absolute atomic E-state index is 13.0. The third-order valence-electron chi connectivity index (χ3n) is 3.92. The Bertz CT molecular complexity index is 1110. The number of carbonyl (C=O) groups excluding carboxylic acids is 1. The molecular formula is C21H23N4O3S2. The van der Waals surface area contributed by atoms with Crippen molar-refractivity contribution in [2.45, 2.75) is 37.8 Å². The molecule has 2 aromatic carbocycles. The van der Waals surface area contributed by atoms with E-state index in [0.717, 1.165) is 5.56 Å². The number of thiazole rings is 1. The number of urea groups is 1. The normalized spacial score (nSPS) is 11.8. The van der Waals surface area contributed by atoms with Crippen molar-refractivity contribution in [3.8, 4) is 10.4 Å². The van der Waals surface area contributed by atoms with E-state index in [2.05, 4.69) is 25.9 Å². The van der Waals surface area contributed by atoms with E-state index in [-0.39, 0.29) is 4.90 Å². The van der Waals surface area contributed by atoms with E-state index in [9.17, 15) is 13.2 Å². The smallest absolute Gasteiger partial charge is 0.319 e. The highest BCUT2D eigenvalue weighted by molar-refractivity contribution is 7.89. The van der Waals surface area contributed by atoms with Crippen LogP contribution in [0.4, 0.5) is 10.5 Å². The zero-order valence-electron chi connectivity index (χ0n) is 16.9. The van der Waals surface area contributed by atoms with Crippen LogP contribution in [0, 0.1) is 5.51 Å². The van der Waals surface area contributed by atoms with Crippen molar-refractivity contribution in [2.75, 3.05) is 5.32 Å². The summed E-state index contributed by atoms with van der Waals surface area (Å²) in [6.07, 6.45) is 1.57. The number of hydrogen-bond acceptors (Lipinski definition) is 5. The van der Waals surface area contributed by atoms with Crippen LogP contribution in [0.1, 0.15) is 26.3 Å². The first-order valence-corrected chi connectivity index (χ1v) is 11.5. The molecule has 0 atom stereocenters. The lowest BCUT2D eigenvalue weighted by molar-refractivity contribution is 0.251. The van der Waals surface area contributed by atoms with Gasteiger partial charge in [-0.3, -0.25) is 0 Å². The molecule has 2 amide bonds. The zero-order chi connectivity index (χ0) is 21.8. The third-order valence-corrected chi connectivity index (χ3v) is 6.46. The summed E-state index contributed by atoms with van der Waals surface area (Å²) in [7, 11) is -3.84. The van der Waals surface area contributed by atoms with Crippen LogP contribution in [0.3, 0.4) is 0 Å². The van der Waals surface area contributed by atoms with Crippen LogP contribution in [0.25, 0.3) is 10.4 Å². The molecule has 3 N–H and O–H groups in total. The van der Waals surface area contributed by atoms with Gasteiger partial charge in [-0.2, -0.15) is 0 Å². The van der Waals surface area contributed by atoms with E-state index in [1.165, 1.54) is 17.4 Å². The van der Waals surface area contributed by atoms with E-state index in [0.29, 0.717) is 22.7 Å². The Morgan fingerprint density at radius 2 is 1.87 bits per heavy atom. The van der Waals surface area contributed by atoms with Crippen molar-refractivity contribution in [3.05, 3.63) is 65.8 Å². The van der Waals surface area contributed by atoms with Gasteiger partial charge in [-0.25, -0.2) is 22.9 Å². The van der Waals surface area contributed by atoms with E-state index in [1.54, 1.807) is 39.1 Å². The minimum Gasteiger partial charge on any atom is -0.334 e. The predicted octanol–water partition coefficient (Wildman–Crippen LogP) is 4.01. The maximum Gasteiger partial charge on any atom is 0.319 e. The molecule has 1 radical (unpaired) electrons. The van der Waals surface area contributed by atoms with Gasteiger partial charge in [0.2, 0.25) is 10.0 Å². The Hall–Kier alpha value is -2.75. The van der Waals surface area contributed by atoms with Gasteiger partial charge in [0.1, 0.15) is 0 Å². The minimum absolute atomic E-state index is 0.0657. The molecule has 1 aromatic heterocycles. The molecule has 7 nitrogen and oxygen atoms in total. The lowest BCUT2D eigenvalue weighted by Crippen LogP contribution is -2.40. The monoisotopic (exact) mass is 443 g/mol. The molecule has 0 saturated heterocycles. The lowest BCUT2D eigenvalue weighted by atomic mass is 10.1. The summed E-state index contributed by atoms with van der Waals surface area (Å²) in [5.41, 5.74) is 3.90. The van der Waals surface area contributed by atoms with E-state index in [4.69, 9.17) is 0 Å². The number of nitrogens with one attached hydrogen (secondary N) is 3. The molecule has 3 rings (SSSR count). The summed E-state index contributed by atoms with van der Waals surface area (Å²) in [5.74, 6) is 0. The molecule has 9 heteroatoms. The highest BCUT2D eigenvalue weighted by Gasteiger charge is 2.26. The van der Waals surface area contributed by atoms with E-state index in [1.807, 2.05) is 30.3 Å².